The fraction of sp³-hybridized carbons (Fsp3) is 0.412. The fourth-order valence-corrected chi connectivity index (χ4v) is 3.15. The van der Waals surface area contributed by atoms with Gasteiger partial charge in [-0.3, -0.25) is 9.89 Å². The van der Waals surface area contributed by atoms with Gasteiger partial charge in [0.25, 0.3) is 5.91 Å². The third-order valence-electron chi connectivity index (χ3n) is 4.40. The van der Waals surface area contributed by atoms with Gasteiger partial charge < -0.3 is 4.90 Å². The summed E-state index contributed by atoms with van der Waals surface area (Å²) in [7, 11) is 0. The van der Waals surface area contributed by atoms with Crippen molar-refractivity contribution in [2.75, 3.05) is 13.1 Å². The van der Waals surface area contributed by atoms with E-state index in [4.69, 9.17) is 0 Å². The lowest BCUT2D eigenvalue weighted by molar-refractivity contribution is 0.0662. The van der Waals surface area contributed by atoms with Gasteiger partial charge >= 0.3 is 0 Å². The second-order valence-corrected chi connectivity index (χ2v) is 5.97. The Labute approximate surface area is 133 Å². The third-order valence-corrected chi connectivity index (χ3v) is 4.40. The lowest BCUT2D eigenvalue weighted by atomic mass is 9.91. The van der Waals surface area contributed by atoms with Crippen LogP contribution in [0.3, 0.4) is 0 Å². The molecular formula is C17H19F2N3O. The number of carbonyl (C=O) groups excluding carboxylic acids is 1. The molecule has 1 aromatic carbocycles. The number of benzene rings is 1. The van der Waals surface area contributed by atoms with Crippen LogP contribution in [0.4, 0.5) is 8.78 Å². The molecule has 1 fully saturated rings. The first-order valence-electron chi connectivity index (χ1n) is 7.86. The van der Waals surface area contributed by atoms with E-state index >= 15 is 0 Å². The number of carbonyl (C=O) groups is 1. The first-order valence-corrected chi connectivity index (χ1v) is 7.86. The van der Waals surface area contributed by atoms with Gasteiger partial charge in [-0.15, -0.1) is 0 Å². The minimum absolute atomic E-state index is 0.0655. The van der Waals surface area contributed by atoms with Crippen LogP contribution in [0, 0.1) is 17.6 Å². The lowest BCUT2D eigenvalue weighted by Crippen LogP contribution is -2.40. The molecule has 1 aliphatic heterocycles. The number of hydrogen-bond acceptors (Lipinski definition) is 2. The van der Waals surface area contributed by atoms with Gasteiger partial charge in [0.15, 0.2) is 0 Å². The summed E-state index contributed by atoms with van der Waals surface area (Å²) in [6, 6.07) is 5.60. The molecule has 122 valence electrons. The number of nitrogens with one attached hydrogen (secondary N) is 1. The summed E-state index contributed by atoms with van der Waals surface area (Å²) in [6.07, 6.45) is 4.46. The Balaban J connectivity index is 1.60. The number of H-pyrrole nitrogens is 1. The van der Waals surface area contributed by atoms with E-state index in [1.54, 1.807) is 17.2 Å². The molecular weight excluding hydrogens is 300 g/mol. The molecule has 1 atom stereocenters. The predicted octanol–water partition coefficient (Wildman–Crippen LogP) is 3.17. The quantitative estimate of drug-likeness (QED) is 0.941. The van der Waals surface area contributed by atoms with E-state index in [0.717, 1.165) is 12.8 Å². The minimum atomic E-state index is -0.494. The monoisotopic (exact) mass is 319 g/mol. The van der Waals surface area contributed by atoms with Crippen molar-refractivity contribution in [1.29, 1.82) is 0 Å². The predicted molar refractivity (Wildman–Crippen MR) is 81.9 cm³/mol. The first-order chi connectivity index (χ1) is 11.1. The van der Waals surface area contributed by atoms with Crippen molar-refractivity contribution >= 4 is 5.91 Å². The molecule has 1 unspecified atom stereocenters. The second kappa shape index (κ2) is 6.89. The molecule has 1 saturated heterocycles. The number of hydrogen-bond donors (Lipinski definition) is 1. The average molecular weight is 319 g/mol. The summed E-state index contributed by atoms with van der Waals surface area (Å²) < 4.78 is 27.4. The van der Waals surface area contributed by atoms with Gasteiger partial charge in [-0.05, 0) is 49.8 Å². The number of likely N-dealkylation sites (tertiary alicyclic amines) is 1. The topological polar surface area (TPSA) is 49.0 Å². The molecule has 23 heavy (non-hydrogen) atoms. The molecule has 2 heterocycles. The molecule has 6 heteroatoms. The zero-order valence-electron chi connectivity index (χ0n) is 12.8. The molecule has 1 aromatic heterocycles. The van der Waals surface area contributed by atoms with Crippen LogP contribution in [0.25, 0.3) is 0 Å². The van der Waals surface area contributed by atoms with E-state index < -0.39 is 11.6 Å². The van der Waals surface area contributed by atoms with E-state index in [2.05, 4.69) is 10.2 Å². The third kappa shape index (κ3) is 3.57. The Morgan fingerprint density at radius 1 is 1.30 bits per heavy atom. The van der Waals surface area contributed by atoms with Crippen LogP contribution in [0.2, 0.25) is 0 Å². The number of piperidine rings is 1. The molecule has 1 amide bonds. The van der Waals surface area contributed by atoms with Crippen LogP contribution in [-0.2, 0) is 6.42 Å². The van der Waals surface area contributed by atoms with Gasteiger partial charge in [0, 0.05) is 24.8 Å². The Morgan fingerprint density at radius 2 is 2.09 bits per heavy atom. The van der Waals surface area contributed by atoms with Crippen molar-refractivity contribution in [3.63, 3.8) is 0 Å². The molecule has 1 aliphatic rings. The molecule has 0 bridgehead atoms. The molecule has 3 rings (SSSR count). The van der Waals surface area contributed by atoms with Crippen molar-refractivity contribution in [2.24, 2.45) is 5.92 Å². The summed E-state index contributed by atoms with van der Waals surface area (Å²) >= 11 is 0. The van der Waals surface area contributed by atoms with Gasteiger partial charge in [-0.1, -0.05) is 6.07 Å². The Hall–Kier alpha value is -2.24. The standard InChI is InChI=1S/C17H19F2N3O/c18-14-4-1-5-15(19)13(14)7-6-12-3-2-10-22(11-12)17(23)16-8-9-20-21-16/h1,4-5,8-9,12H,2-3,6-7,10-11H2,(H,20,21). The van der Waals surface area contributed by atoms with Crippen molar-refractivity contribution in [3.8, 4) is 0 Å². The number of rotatable bonds is 4. The maximum atomic E-state index is 13.7. The SMILES string of the molecule is O=C(c1ccn[nH]1)N1CCCC(CCc2c(F)cccc2F)C1. The smallest absolute Gasteiger partial charge is 0.271 e. The van der Waals surface area contributed by atoms with Crippen LogP contribution in [0.1, 0.15) is 35.3 Å². The van der Waals surface area contributed by atoms with Crippen LogP contribution in [0.5, 0.6) is 0 Å². The van der Waals surface area contributed by atoms with Gasteiger partial charge in [-0.2, -0.15) is 5.10 Å². The van der Waals surface area contributed by atoms with Gasteiger partial charge in [0.05, 0.1) is 0 Å². The highest BCUT2D eigenvalue weighted by atomic mass is 19.1. The highest BCUT2D eigenvalue weighted by Gasteiger charge is 2.25. The lowest BCUT2D eigenvalue weighted by Gasteiger charge is -2.32. The summed E-state index contributed by atoms with van der Waals surface area (Å²) in [5, 5.41) is 6.48. The number of amides is 1. The number of nitrogens with zero attached hydrogens (tertiary/aromatic N) is 2. The highest BCUT2D eigenvalue weighted by molar-refractivity contribution is 5.92. The number of aromatic amines is 1. The maximum Gasteiger partial charge on any atom is 0.271 e. The van der Waals surface area contributed by atoms with Gasteiger partial charge in [-0.25, -0.2) is 8.78 Å². The van der Waals surface area contributed by atoms with Crippen LogP contribution in [-0.4, -0.2) is 34.1 Å². The summed E-state index contributed by atoms with van der Waals surface area (Å²) in [4.78, 5) is 14.1. The molecule has 0 spiro atoms. The molecule has 1 N–H and O–H groups in total. The normalized spacial score (nSPS) is 18.2. The second-order valence-electron chi connectivity index (χ2n) is 5.97. The van der Waals surface area contributed by atoms with Crippen molar-refractivity contribution < 1.29 is 13.6 Å². The molecule has 0 saturated carbocycles. The van der Waals surface area contributed by atoms with E-state index in [9.17, 15) is 13.6 Å². The van der Waals surface area contributed by atoms with E-state index in [-0.39, 0.29) is 17.4 Å². The summed E-state index contributed by atoms with van der Waals surface area (Å²) in [5.74, 6) is -0.795. The summed E-state index contributed by atoms with van der Waals surface area (Å²) in [6.45, 7) is 1.33. The van der Waals surface area contributed by atoms with Crippen molar-refractivity contribution in [3.05, 3.63) is 53.4 Å². The van der Waals surface area contributed by atoms with E-state index in [0.29, 0.717) is 31.6 Å². The maximum absolute atomic E-state index is 13.7. The average Bonchev–Trinajstić information content (AvgIpc) is 3.08. The zero-order valence-corrected chi connectivity index (χ0v) is 12.8. The van der Waals surface area contributed by atoms with Gasteiger partial charge in [0.1, 0.15) is 17.3 Å². The van der Waals surface area contributed by atoms with Crippen molar-refractivity contribution in [1.82, 2.24) is 15.1 Å². The Morgan fingerprint density at radius 3 is 2.78 bits per heavy atom. The highest BCUT2D eigenvalue weighted by Crippen LogP contribution is 2.24. The van der Waals surface area contributed by atoms with E-state index in [1.165, 1.54) is 18.2 Å². The fourth-order valence-electron chi connectivity index (χ4n) is 3.15. The zero-order chi connectivity index (χ0) is 16.2. The van der Waals surface area contributed by atoms with Crippen molar-refractivity contribution in [2.45, 2.75) is 25.7 Å². The number of halogens is 2. The molecule has 4 nitrogen and oxygen atoms in total. The number of aromatic nitrogens is 2. The minimum Gasteiger partial charge on any atom is -0.337 e. The Bertz CT molecular complexity index is 652. The molecule has 0 aliphatic carbocycles. The molecule has 0 radical (unpaired) electrons. The van der Waals surface area contributed by atoms with E-state index in [1.807, 2.05) is 0 Å². The van der Waals surface area contributed by atoms with Gasteiger partial charge in [0.2, 0.25) is 0 Å². The van der Waals surface area contributed by atoms with Crippen LogP contribution >= 0.6 is 0 Å². The van der Waals surface area contributed by atoms with Crippen LogP contribution < -0.4 is 0 Å². The summed E-state index contributed by atoms with van der Waals surface area (Å²) in [5.41, 5.74) is 0.621. The first kappa shape index (κ1) is 15.6. The largest absolute Gasteiger partial charge is 0.337 e. The Kier molecular flexibility index (Phi) is 4.69. The molecule has 2 aromatic rings. The van der Waals surface area contributed by atoms with Crippen LogP contribution in [0.15, 0.2) is 30.5 Å².